The molecule has 2 N–H and O–H groups in total. The molecule has 188 valence electrons. The fourth-order valence-electron chi connectivity index (χ4n) is 4.95. The molecule has 0 bridgehead atoms. The fraction of sp³-hybridized carbons (Fsp3) is 0.125. The molecule has 0 aliphatic heterocycles. The summed E-state index contributed by atoms with van der Waals surface area (Å²) in [6.07, 6.45) is 0.936. The summed E-state index contributed by atoms with van der Waals surface area (Å²) in [6.45, 7) is 0. The van der Waals surface area contributed by atoms with Gasteiger partial charge in [0.25, 0.3) is 11.8 Å². The third-order valence-corrected chi connectivity index (χ3v) is 7.04. The molecule has 6 heteroatoms. The van der Waals surface area contributed by atoms with Gasteiger partial charge in [0.15, 0.2) is 0 Å². The second kappa shape index (κ2) is 9.63. The van der Waals surface area contributed by atoms with E-state index in [-0.39, 0.29) is 23.7 Å². The summed E-state index contributed by atoms with van der Waals surface area (Å²) in [5.74, 6) is -0.0443. The molecule has 1 saturated carbocycles. The van der Waals surface area contributed by atoms with E-state index >= 15 is 0 Å². The van der Waals surface area contributed by atoms with Gasteiger partial charge in [-0.15, -0.1) is 0 Å². The molecule has 38 heavy (non-hydrogen) atoms. The van der Waals surface area contributed by atoms with Crippen LogP contribution in [0.2, 0.25) is 0 Å². The number of fused-ring (bicyclic) bond motifs is 1. The van der Waals surface area contributed by atoms with Gasteiger partial charge < -0.3 is 15.1 Å². The Labute approximate surface area is 219 Å². The lowest BCUT2D eigenvalue weighted by molar-refractivity contribution is 0.0946. The summed E-state index contributed by atoms with van der Waals surface area (Å²) in [7, 11) is 1.56. The Morgan fingerprint density at radius 3 is 2.32 bits per heavy atom. The van der Waals surface area contributed by atoms with Crippen LogP contribution in [0.5, 0.6) is 0 Å². The van der Waals surface area contributed by atoms with E-state index in [1.54, 1.807) is 25.2 Å². The minimum atomic E-state index is -0.366. The molecule has 1 aliphatic rings. The monoisotopic (exact) mass is 504 g/mol. The summed E-state index contributed by atoms with van der Waals surface area (Å²) in [6, 6.07) is 29.3. The zero-order valence-corrected chi connectivity index (χ0v) is 20.7. The van der Waals surface area contributed by atoms with E-state index in [2.05, 4.69) is 22.8 Å². The van der Waals surface area contributed by atoms with Crippen LogP contribution < -0.4 is 10.6 Å². The van der Waals surface area contributed by atoms with E-state index in [0.29, 0.717) is 39.3 Å². The molecular weight excluding hydrogens is 479 g/mol. The zero-order valence-electron chi connectivity index (χ0n) is 20.7. The third-order valence-electron chi connectivity index (χ3n) is 7.04. The minimum absolute atomic E-state index is 0.107. The first-order chi connectivity index (χ1) is 18.5. The van der Waals surface area contributed by atoms with Crippen molar-refractivity contribution in [1.82, 2.24) is 10.6 Å². The maximum Gasteiger partial charge on any atom is 0.255 e. The van der Waals surface area contributed by atoms with E-state index < -0.39 is 0 Å². The number of carbonyl (C=O) groups is 2. The van der Waals surface area contributed by atoms with Crippen molar-refractivity contribution in [2.45, 2.75) is 18.4 Å². The van der Waals surface area contributed by atoms with E-state index in [9.17, 15) is 14.0 Å². The van der Waals surface area contributed by atoms with Crippen molar-refractivity contribution in [3.05, 3.63) is 120 Å². The van der Waals surface area contributed by atoms with Crippen LogP contribution >= 0.6 is 0 Å². The molecule has 1 aromatic heterocycles. The maximum absolute atomic E-state index is 13.5. The molecule has 1 aliphatic carbocycles. The predicted molar refractivity (Wildman–Crippen MR) is 145 cm³/mol. The normalized spacial score (nSPS) is 16.3. The number of hydrogen-bond acceptors (Lipinski definition) is 3. The van der Waals surface area contributed by atoms with Crippen molar-refractivity contribution >= 4 is 22.8 Å². The van der Waals surface area contributed by atoms with Crippen LogP contribution in [0.4, 0.5) is 4.39 Å². The van der Waals surface area contributed by atoms with Gasteiger partial charge in [-0.05, 0) is 71.6 Å². The van der Waals surface area contributed by atoms with Crippen LogP contribution in [0.3, 0.4) is 0 Å². The van der Waals surface area contributed by atoms with Gasteiger partial charge in [0.05, 0.1) is 5.56 Å². The fourth-order valence-corrected chi connectivity index (χ4v) is 4.95. The van der Waals surface area contributed by atoms with Crippen molar-refractivity contribution < 1.29 is 18.4 Å². The SMILES string of the molecule is CNC(=O)c1c(-c2ccc(F)cc2)oc2ccc(-c3cccc(C(=O)NC4C[C@@H]4c4ccccc4)c3)cc12. The van der Waals surface area contributed by atoms with Crippen LogP contribution in [0.1, 0.15) is 38.6 Å². The lowest BCUT2D eigenvalue weighted by atomic mass is 9.99. The van der Waals surface area contributed by atoms with Crippen LogP contribution in [0.15, 0.2) is 101 Å². The van der Waals surface area contributed by atoms with Crippen LogP contribution in [0.25, 0.3) is 33.4 Å². The van der Waals surface area contributed by atoms with Crippen molar-refractivity contribution in [3.63, 3.8) is 0 Å². The summed E-state index contributed by atoms with van der Waals surface area (Å²) < 4.78 is 19.5. The van der Waals surface area contributed by atoms with Crippen LogP contribution in [-0.4, -0.2) is 24.9 Å². The lowest BCUT2D eigenvalue weighted by Crippen LogP contribution is -2.26. The standard InChI is InChI=1S/C32H25FN2O3/c1-34-32(37)29-26-17-22(12-15-28(26)38-30(29)20-10-13-24(33)14-11-20)21-8-5-9-23(16-21)31(36)35-27-18-25(27)19-6-3-2-4-7-19/h2-17,25,27H,18H2,1H3,(H,34,37)(H,35,36)/t25-,27?/m1/s1. The summed E-state index contributed by atoms with van der Waals surface area (Å²) in [4.78, 5) is 25.9. The van der Waals surface area contributed by atoms with Crippen LogP contribution in [0, 0.1) is 5.82 Å². The number of carbonyl (C=O) groups excluding carboxylic acids is 2. The summed E-state index contributed by atoms with van der Waals surface area (Å²) in [5.41, 5.74) is 5.04. The first-order valence-corrected chi connectivity index (χ1v) is 12.5. The number of furan rings is 1. The molecule has 1 fully saturated rings. The lowest BCUT2D eigenvalue weighted by Gasteiger charge is -2.08. The summed E-state index contributed by atoms with van der Waals surface area (Å²) in [5, 5.41) is 6.47. The van der Waals surface area contributed by atoms with Crippen molar-refractivity contribution in [1.29, 1.82) is 0 Å². The highest BCUT2D eigenvalue weighted by atomic mass is 19.1. The molecule has 2 atom stereocenters. The number of rotatable bonds is 6. The second-order valence-corrected chi connectivity index (χ2v) is 9.52. The highest BCUT2D eigenvalue weighted by molar-refractivity contribution is 6.11. The second-order valence-electron chi connectivity index (χ2n) is 9.52. The molecule has 0 spiro atoms. The Morgan fingerprint density at radius 1 is 0.816 bits per heavy atom. The number of amides is 2. The molecule has 1 heterocycles. The van der Waals surface area contributed by atoms with Crippen LogP contribution in [-0.2, 0) is 0 Å². The Kier molecular flexibility index (Phi) is 6.00. The van der Waals surface area contributed by atoms with Crippen molar-refractivity contribution in [3.8, 4) is 22.5 Å². The highest BCUT2D eigenvalue weighted by Crippen LogP contribution is 2.41. The minimum Gasteiger partial charge on any atom is -0.455 e. The maximum atomic E-state index is 13.5. The molecule has 2 amide bonds. The average molecular weight is 505 g/mol. The predicted octanol–water partition coefficient (Wildman–Crippen LogP) is 6.55. The zero-order chi connectivity index (χ0) is 26.2. The van der Waals surface area contributed by atoms with Gasteiger partial charge in [0.2, 0.25) is 0 Å². The van der Waals surface area contributed by atoms with Gasteiger partial charge in [0, 0.05) is 35.5 Å². The van der Waals surface area contributed by atoms with Crippen molar-refractivity contribution in [2.24, 2.45) is 0 Å². The largest absolute Gasteiger partial charge is 0.455 e. The topological polar surface area (TPSA) is 71.3 Å². The van der Waals surface area contributed by atoms with Gasteiger partial charge in [-0.3, -0.25) is 9.59 Å². The first kappa shape index (κ1) is 23.7. The molecule has 0 radical (unpaired) electrons. The molecular formula is C32H25FN2O3. The number of benzene rings is 4. The van der Waals surface area contributed by atoms with Crippen molar-refractivity contribution in [2.75, 3.05) is 7.05 Å². The molecule has 4 aromatic carbocycles. The average Bonchev–Trinajstić information content (AvgIpc) is 3.62. The molecule has 5 aromatic rings. The van der Waals surface area contributed by atoms with Gasteiger partial charge in [-0.1, -0.05) is 48.5 Å². The Balaban J connectivity index is 1.30. The van der Waals surface area contributed by atoms with E-state index in [1.807, 2.05) is 54.6 Å². The van der Waals surface area contributed by atoms with E-state index in [1.165, 1.54) is 17.7 Å². The Hall–Kier alpha value is -4.71. The Bertz CT molecular complexity index is 1660. The van der Waals surface area contributed by atoms with Gasteiger partial charge in [0.1, 0.15) is 17.2 Å². The molecule has 1 unspecified atom stereocenters. The quantitative estimate of drug-likeness (QED) is 0.275. The van der Waals surface area contributed by atoms with E-state index in [0.717, 1.165) is 17.5 Å². The van der Waals surface area contributed by atoms with Gasteiger partial charge in [-0.2, -0.15) is 0 Å². The smallest absolute Gasteiger partial charge is 0.255 e. The summed E-state index contributed by atoms with van der Waals surface area (Å²) >= 11 is 0. The number of nitrogens with one attached hydrogen (secondary N) is 2. The van der Waals surface area contributed by atoms with E-state index in [4.69, 9.17) is 4.42 Å². The first-order valence-electron chi connectivity index (χ1n) is 12.5. The third kappa shape index (κ3) is 4.45. The number of halogens is 1. The molecule has 6 rings (SSSR count). The van der Waals surface area contributed by atoms with Gasteiger partial charge in [-0.25, -0.2) is 4.39 Å². The van der Waals surface area contributed by atoms with Gasteiger partial charge >= 0.3 is 0 Å². The Morgan fingerprint density at radius 2 is 1.55 bits per heavy atom. The molecule has 5 nitrogen and oxygen atoms in total. The highest BCUT2D eigenvalue weighted by Gasteiger charge is 2.39. The number of hydrogen-bond donors (Lipinski definition) is 2. The molecule has 0 saturated heterocycles.